The van der Waals surface area contributed by atoms with Crippen LogP contribution in [-0.4, -0.2) is 19.0 Å². The Kier molecular flexibility index (Phi) is 6.41. The molecule has 2 aromatic carbocycles. The predicted molar refractivity (Wildman–Crippen MR) is 106 cm³/mol. The summed E-state index contributed by atoms with van der Waals surface area (Å²) >= 11 is 1.73. The average molecular weight is 367 g/mol. The lowest BCUT2D eigenvalue weighted by Crippen LogP contribution is -3.11. The van der Waals surface area contributed by atoms with E-state index in [-0.39, 0.29) is 5.91 Å². The lowest BCUT2D eigenvalue weighted by atomic mass is 10.2. The third-order valence-electron chi connectivity index (χ3n) is 4.05. The van der Waals surface area contributed by atoms with Crippen LogP contribution < -0.4 is 15.0 Å². The van der Waals surface area contributed by atoms with Crippen LogP contribution in [0.5, 0.6) is 11.5 Å². The third-order valence-corrected chi connectivity index (χ3v) is 4.92. The van der Waals surface area contributed by atoms with Crippen molar-refractivity contribution in [2.24, 2.45) is 0 Å². The molecule has 0 aliphatic heterocycles. The summed E-state index contributed by atoms with van der Waals surface area (Å²) in [4.78, 5) is 15.1. The molecule has 0 bridgehead atoms. The fraction of sp³-hybridized carbons (Fsp3) is 0.190. The first-order valence-electron chi connectivity index (χ1n) is 8.72. The van der Waals surface area contributed by atoms with E-state index in [1.165, 1.54) is 9.78 Å². The topological polar surface area (TPSA) is 42.8 Å². The van der Waals surface area contributed by atoms with E-state index >= 15 is 0 Å². The van der Waals surface area contributed by atoms with Crippen LogP contribution in [0.4, 0.5) is 5.69 Å². The number of quaternary nitrogens is 1. The number of ether oxygens (including phenoxy) is 1. The van der Waals surface area contributed by atoms with Gasteiger partial charge in [-0.25, -0.2) is 0 Å². The maximum atomic E-state index is 12.5. The number of likely N-dealkylation sites (N-methyl/N-ethyl adjacent to an activating group) is 1. The van der Waals surface area contributed by atoms with Gasteiger partial charge in [-0.3, -0.25) is 4.79 Å². The zero-order valence-electron chi connectivity index (χ0n) is 14.8. The first kappa shape index (κ1) is 18.2. The lowest BCUT2D eigenvalue weighted by Gasteiger charge is -2.17. The number of nitrogens with one attached hydrogen (secondary N) is 2. The number of carbonyl (C=O) groups is 1. The molecule has 3 rings (SSSR count). The summed E-state index contributed by atoms with van der Waals surface area (Å²) in [6.07, 6.45) is 0. The Morgan fingerprint density at radius 2 is 1.81 bits per heavy atom. The fourth-order valence-electron chi connectivity index (χ4n) is 2.67. The summed E-state index contributed by atoms with van der Waals surface area (Å²) in [5.41, 5.74) is 0.688. The minimum atomic E-state index is -0.0116. The molecular weight excluding hydrogens is 344 g/mol. The molecule has 0 aliphatic rings. The number of thiophene rings is 1. The molecular formula is C21H23N2O2S+. The molecule has 0 saturated heterocycles. The Balaban J connectivity index is 1.63. The van der Waals surface area contributed by atoms with Crippen molar-refractivity contribution in [1.82, 2.24) is 0 Å². The van der Waals surface area contributed by atoms with Gasteiger partial charge in [-0.15, -0.1) is 11.3 Å². The van der Waals surface area contributed by atoms with Crippen molar-refractivity contribution in [1.29, 1.82) is 0 Å². The first-order valence-corrected chi connectivity index (χ1v) is 9.60. The molecule has 1 amide bonds. The molecule has 134 valence electrons. The quantitative estimate of drug-likeness (QED) is 0.639. The lowest BCUT2D eigenvalue weighted by molar-refractivity contribution is -0.903. The molecule has 1 unspecified atom stereocenters. The van der Waals surface area contributed by atoms with E-state index < -0.39 is 0 Å². The average Bonchev–Trinajstić information content (AvgIpc) is 3.17. The van der Waals surface area contributed by atoms with Crippen LogP contribution >= 0.6 is 11.3 Å². The second-order valence-corrected chi connectivity index (χ2v) is 7.03. The van der Waals surface area contributed by atoms with Crippen LogP contribution in [0.2, 0.25) is 0 Å². The van der Waals surface area contributed by atoms with Crippen LogP contribution in [-0.2, 0) is 11.3 Å². The summed E-state index contributed by atoms with van der Waals surface area (Å²) in [5.74, 6) is 1.37. The summed E-state index contributed by atoms with van der Waals surface area (Å²) < 4.78 is 5.91. The molecule has 0 saturated carbocycles. The van der Waals surface area contributed by atoms with Crippen LogP contribution in [0.3, 0.4) is 0 Å². The predicted octanol–water partition coefficient (Wildman–Crippen LogP) is 3.58. The van der Waals surface area contributed by atoms with Gasteiger partial charge in [-0.2, -0.15) is 0 Å². The van der Waals surface area contributed by atoms with Gasteiger partial charge in [0, 0.05) is 0 Å². The molecule has 0 radical (unpaired) electrons. The zero-order chi connectivity index (χ0) is 18.2. The highest BCUT2D eigenvalue weighted by molar-refractivity contribution is 7.09. The highest BCUT2D eigenvalue weighted by atomic mass is 32.1. The second kappa shape index (κ2) is 9.17. The molecule has 2 N–H and O–H groups in total. The monoisotopic (exact) mass is 367 g/mol. The summed E-state index contributed by atoms with van der Waals surface area (Å²) in [6, 6.07) is 21.2. The Hall–Kier alpha value is -2.63. The van der Waals surface area contributed by atoms with Gasteiger partial charge in [0.15, 0.2) is 12.3 Å². The first-order chi connectivity index (χ1) is 12.7. The standard InChI is InChI=1S/C21H22N2O2S/c1-2-23(15-18-11-8-14-26-18)16-21(24)22-19-12-6-7-13-20(19)25-17-9-4-3-5-10-17/h3-14H,2,15-16H2,1H3,(H,22,24)/p+1. The number of amides is 1. The van der Waals surface area contributed by atoms with E-state index in [2.05, 4.69) is 23.7 Å². The van der Waals surface area contributed by atoms with Crippen molar-refractivity contribution in [3.05, 3.63) is 77.0 Å². The van der Waals surface area contributed by atoms with Gasteiger partial charge in [0.25, 0.3) is 5.91 Å². The van der Waals surface area contributed by atoms with Gasteiger partial charge in [0.1, 0.15) is 12.3 Å². The van der Waals surface area contributed by atoms with Crippen molar-refractivity contribution in [3.63, 3.8) is 0 Å². The normalized spacial score (nSPS) is 11.7. The minimum Gasteiger partial charge on any atom is -0.455 e. The van der Waals surface area contributed by atoms with Gasteiger partial charge >= 0.3 is 0 Å². The molecule has 1 heterocycles. The molecule has 26 heavy (non-hydrogen) atoms. The molecule has 3 aromatic rings. The number of rotatable bonds is 8. The van der Waals surface area contributed by atoms with E-state index in [0.29, 0.717) is 18.0 Å². The number of carbonyl (C=O) groups excluding carboxylic acids is 1. The highest BCUT2D eigenvalue weighted by Gasteiger charge is 2.15. The van der Waals surface area contributed by atoms with Crippen LogP contribution in [0.1, 0.15) is 11.8 Å². The van der Waals surface area contributed by atoms with Crippen molar-refractivity contribution < 1.29 is 14.4 Å². The number of benzene rings is 2. The summed E-state index contributed by atoms with van der Waals surface area (Å²) in [5, 5.41) is 5.06. The third kappa shape index (κ3) is 5.18. The highest BCUT2D eigenvalue weighted by Crippen LogP contribution is 2.28. The van der Waals surface area contributed by atoms with E-state index in [1.54, 1.807) is 11.3 Å². The van der Waals surface area contributed by atoms with Crippen LogP contribution in [0.25, 0.3) is 0 Å². The molecule has 1 atom stereocenters. The van der Waals surface area contributed by atoms with Crippen molar-refractivity contribution in [2.45, 2.75) is 13.5 Å². The van der Waals surface area contributed by atoms with Crippen molar-refractivity contribution in [3.8, 4) is 11.5 Å². The van der Waals surface area contributed by atoms with E-state index in [0.717, 1.165) is 18.8 Å². The molecule has 0 spiro atoms. The molecule has 0 aliphatic carbocycles. The minimum absolute atomic E-state index is 0.0116. The number of hydrogen-bond donors (Lipinski definition) is 2. The van der Waals surface area contributed by atoms with Gasteiger partial charge in [0.2, 0.25) is 0 Å². The summed E-state index contributed by atoms with van der Waals surface area (Å²) in [7, 11) is 0. The van der Waals surface area contributed by atoms with Gasteiger partial charge in [-0.1, -0.05) is 36.4 Å². The number of para-hydroxylation sites is 3. The van der Waals surface area contributed by atoms with E-state index in [4.69, 9.17) is 4.74 Å². The molecule has 1 aromatic heterocycles. The summed E-state index contributed by atoms with van der Waals surface area (Å²) in [6.45, 7) is 4.29. The SMILES string of the molecule is CC[NH+](CC(=O)Nc1ccccc1Oc1ccccc1)Cc1cccs1. The van der Waals surface area contributed by atoms with Crippen LogP contribution in [0.15, 0.2) is 72.1 Å². The van der Waals surface area contributed by atoms with Gasteiger partial charge in [0.05, 0.1) is 17.1 Å². The maximum absolute atomic E-state index is 12.5. The zero-order valence-corrected chi connectivity index (χ0v) is 15.6. The van der Waals surface area contributed by atoms with Crippen molar-refractivity contribution >= 4 is 22.9 Å². The number of anilines is 1. The van der Waals surface area contributed by atoms with Crippen molar-refractivity contribution in [2.75, 3.05) is 18.4 Å². The number of hydrogen-bond acceptors (Lipinski definition) is 3. The second-order valence-electron chi connectivity index (χ2n) is 6.00. The smallest absolute Gasteiger partial charge is 0.279 e. The Labute approximate surface area is 158 Å². The van der Waals surface area contributed by atoms with E-state index in [9.17, 15) is 4.79 Å². The molecule has 0 fully saturated rings. The van der Waals surface area contributed by atoms with Gasteiger partial charge in [-0.05, 0) is 42.6 Å². The Morgan fingerprint density at radius 1 is 1.04 bits per heavy atom. The fourth-order valence-corrected chi connectivity index (χ4v) is 3.44. The molecule has 5 heteroatoms. The maximum Gasteiger partial charge on any atom is 0.279 e. The van der Waals surface area contributed by atoms with E-state index in [1.807, 2.05) is 60.7 Å². The Morgan fingerprint density at radius 3 is 2.54 bits per heavy atom. The molecule has 4 nitrogen and oxygen atoms in total. The Bertz CT molecular complexity index is 819. The van der Waals surface area contributed by atoms with Gasteiger partial charge < -0.3 is 15.0 Å². The van der Waals surface area contributed by atoms with Crippen LogP contribution in [0, 0.1) is 0 Å². The largest absolute Gasteiger partial charge is 0.455 e.